The van der Waals surface area contributed by atoms with Gasteiger partial charge in [-0.15, -0.1) is 0 Å². The molecule has 0 heterocycles. The number of ether oxygens (including phenoxy) is 1. The summed E-state index contributed by atoms with van der Waals surface area (Å²) in [5, 5.41) is 11.8. The Morgan fingerprint density at radius 1 is 1.38 bits per heavy atom. The number of nitriles is 1. The maximum atomic E-state index is 11.9. The van der Waals surface area contributed by atoms with Gasteiger partial charge in [-0.3, -0.25) is 4.79 Å². The summed E-state index contributed by atoms with van der Waals surface area (Å²) in [6.45, 7) is 1.07. The van der Waals surface area contributed by atoms with E-state index in [1.54, 1.807) is 13.2 Å². The topological polar surface area (TPSA) is 65.4 Å². The molecular weight excluding hydrogens is 266 g/mol. The number of nitrogens with zero attached hydrogens (tertiary/aromatic N) is 2. The summed E-state index contributed by atoms with van der Waals surface area (Å²) < 4.78 is 4.90. The van der Waals surface area contributed by atoms with Crippen LogP contribution in [-0.4, -0.2) is 40.3 Å². The molecule has 5 heteroatoms. The van der Waals surface area contributed by atoms with E-state index in [1.165, 1.54) is 0 Å². The van der Waals surface area contributed by atoms with Crippen LogP contribution in [0.15, 0.2) is 29.8 Å². The standard InChI is InChI=1S/C16H21N3O2/c1-19(2)15-7-5-13(6-8-15)11-14(12-17)16(20)18-9-4-10-21-3/h5-8,11H,4,9-10H2,1-3H3,(H,18,20)/b14-11+. The van der Waals surface area contributed by atoms with E-state index in [0.717, 1.165) is 17.7 Å². The van der Waals surface area contributed by atoms with Gasteiger partial charge in [0, 0.05) is 40.0 Å². The Morgan fingerprint density at radius 3 is 2.57 bits per heavy atom. The van der Waals surface area contributed by atoms with E-state index < -0.39 is 0 Å². The number of benzene rings is 1. The summed E-state index contributed by atoms with van der Waals surface area (Å²) in [5.74, 6) is -0.356. The molecule has 0 aliphatic heterocycles. The number of methoxy groups -OCH3 is 1. The Kier molecular flexibility index (Phi) is 6.99. The van der Waals surface area contributed by atoms with Gasteiger partial charge in [0.2, 0.25) is 0 Å². The number of amides is 1. The summed E-state index contributed by atoms with van der Waals surface area (Å²) in [4.78, 5) is 13.9. The van der Waals surface area contributed by atoms with Crippen molar-refractivity contribution in [2.45, 2.75) is 6.42 Å². The number of carbonyl (C=O) groups is 1. The highest BCUT2D eigenvalue weighted by Gasteiger charge is 2.08. The second-order valence-electron chi connectivity index (χ2n) is 4.76. The van der Waals surface area contributed by atoms with E-state index in [1.807, 2.05) is 49.3 Å². The Bertz CT molecular complexity index is 527. The van der Waals surface area contributed by atoms with Crippen molar-refractivity contribution < 1.29 is 9.53 Å². The average Bonchev–Trinajstić information content (AvgIpc) is 2.49. The summed E-state index contributed by atoms with van der Waals surface area (Å²) in [6.07, 6.45) is 2.31. The zero-order valence-corrected chi connectivity index (χ0v) is 12.7. The van der Waals surface area contributed by atoms with Gasteiger partial charge in [-0.05, 0) is 30.2 Å². The molecule has 0 aromatic heterocycles. The minimum atomic E-state index is -0.356. The molecule has 0 unspecified atom stereocenters. The normalized spacial score (nSPS) is 10.9. The molecule has 1 aromatic rings. The molecular formula is C16H21N3O2. The fraction of sp³-hybridized carbons (Fsp3) is 0.375. The van der Waals surface area contributed by atoms with Crippen molar-refractivity contribution in [1.82, 2.24) is 5.32 Å². The molecule has 0 saturated carbocycles. The lowest BCUT2D eigenvalue weighted by molar-refractivity contribution is -0.117. The fourth-order valence-corrected chi connectivity index (χ4v) is 1.70. The molecule has 1 rings (SSSR count). The molecule has 0 saturated heterocycles. The van der Waals surface area contributed by atoms with E-state index >= 15 is 0 Å². The average molecular weight is 287 g/mol. The third kappa shape index (κ3) is 5.67. The first-order chi connectivity index (χ1) is 10.1. The number of hydrogen-bond acceptors (Lipinski definition) is 4. The first-order valence-electron chi connectivity index (χ1n) is 6.74. The monoisotopic (exact) mass is 287 g/mol. The van der Waals surface area contributed by atoms with Crippen LogP contribution in [0.3, 0.4) is 0 Å². The van der Waals surface area contributed by atoms with Crippen molar-refractivity contribution in [2.24, 2.45) is 0 Å². The maximum absolute atomic E-state index is 11.9. The van der Waals surface area contributed by atoms with Gasteiger partial charge >= 0.3 is 0 Å². The zero-order valence-electron chi connectivity index (χ0n) is 12.7. The third-order valence-corrected chi connectivity index (χ3v) is 2.90. The van der Waals surface area contributed by atoms with Crippen LogP contribution in [0.5, 0.6) is 0 Å². The molecule has 0 fully saturated rings. The van der Waals surface area contributed by atoms with Crippen molar-refractivity contribution in [3.63, 3.8) is 0 Å². The Morgan fingerprint density at radius 2 is 2.05 bits per heavy atom. The number of rotatable bonds is 7. The summed E-state index contributed by atoms with van der Waals surface area (Å²) >= 11 is 0. The summed E-state index contributed by atoms with van der Waals surface area (Å²) in [6, 6.07) is 9.58. The van der Waals surface area contributed by atoms with E-state index in [9.17, 15) is 4.79 Å². The van der Waals surface area contributed by atoms with Crippen molar-refractivity contribution in [2.75, 3.05) is 39.3 Å². The molecule has 5 nitrogen and oxygen atoms in total. The third-order valence-electron chi connectivity index (χ3n) is 2.90. The van der Waals surface area contributed by atoms with Crippen molar-refractivity contribution in [3.8, 4) is 6.07 Å². The second kappa shape index (κ2) is 8.77. The van der Waals surface area contributed by atoms with Crippen molar-refractivity contribution >= 4 is 17.7 Å². The number of carbonyl (C=O) groups excluding carboxylic acids is 1. The van der Waals surface area contributed by atoms with E-state index in [0.29, 0.717) is 13.2 Å². The molecule has 0 atom stereocenters. The quantitative estimate of drug-likeness (QED) is 0.472. The van der Waals surface area contributed by atoms with Crippen LogP contribution in [0.1, 0.15) is 12.0 Å². The van der Waals surface area contributed by atoms with Gasteiger partial charge in [0.25, 0.3) is 5.91 Å². The minimum absolute atomic E-state index is 0.102. The molecule has 1 amide bonds. The molecule has 0 bridgehead atoms. The lowest BCUT2D eigenvalue weighted by Crippen LogP contribution is -2.26. The number of nitrogens with one attached hydrogen (secondary N) is 1. The highest BCUT2D eigenvalue weighted by Crippen LogP contribution is 2.14. The Hall–Kier alpha value is -2.32. The predicted molar refractivity (Wildman–Crippen MR) is 83.9 cm³/mol. The van der Waals surface area contributed by atoms with Crippen LogP contribution >= 0.6 is 0 Å². The van der Waals surface area contributed by atoms with Crippen LogP contribution in [0.25, 0.3) is 6.08 Å². The van der Waals surface area contributed by atoms with E-state index in [-0.39, 0.29) is 11.5 Å². The second-order valence-corrected chi connectivity index (χ2v) is 4.76. The molecule has 1 aromatic carbocycles. The zero-order chi connectivity index (χ0) is 15.7. The highest BCUT2D eigenvalue weighted by molar-refractivity contribution is 6.01. The van der Waals surface area contributed by atoms with Crippen molar-refractivity contribution in [1.29, 1.82) is 5.26 Å². The molecule has 0 spiro atoms. The van der Waals surface area contributed by atoms with Gasteiger partial charge in [-0.2, -0.15) is 5.26 Å². The van der Waals surface area contributed by atoms with Gasteiger partial charge in [-0.1, -0.05) is 12.1 Å². The van der Waals surface area contributed by atoms with E-state index in [2.05, 4.69) is 5.32 Å². The van der Waals surface area contributed by atoms with Crippen LogP contribution < -0.4 is 10.2 Å². The molecule has 1 N–H and O–H groups in total. The lowest BCUT2D eigenvalue weighted by atomic mass is 10.1. The molecule has 0 aliphatic carbocycles. The largest absolute Gasteiger partial charge is 0.385 e. The Labute approximate surface area is 125 Å². The molecule has 21 heavy (non-hydrogen) atoms. The van der Waals surface area contributed by atoms with Crippen LogP contribution in [0.4, 0.5) is 5.69 Å². The van der Waals surface area contributed by atoms with Gasteiger partial charge < -0.3 is 15.0 Å². The molecule has 112 valence electrons. The number of anilines is 1. The highest BCUT2D eigenvalue weighted by atomic mass is 16.5. The molecule has 0 radical (unpaired) electrons. The van der Waals surface area contributed by atoms with Gasteiger partial charge in [-0.25, -0.2) is 0 Å². The summed E-state index contributed by atoms with van der Waals surface area (Å²) in [7, 11) is 5.53. The predicted octanol–water partition coefficient (Wildman–Crippen LogP) is 1.81. The van der Waals surface area contributed by atoms with Gasteiger partial charge in [0.05, 0.1) is 0 Å². The minimum Gasteiger partial charge on any atom is -0.385 e. The van der Waals surface area contributed by atoms with Crippen molar-refractivity contribution in [3.05, 3.63) is 35.4 Å². The lowest BCUT2D eigenvalue weighted by Gasteiger charge is -2.11. The number of hydrogen-bond donors (Lipinski definition) is 1. The van der Waals surface area contributed by atoms with Gasteiger partial charge in [0.15, 0.2) is 0 Å². The maximum Gasteiger partial charge on any atom is 0.261 e. The van der Waals surface area contributed by atoms with Gasteiger partial charge in [0.1, 0.15) is 11.6 Å². The van der Waals surface area contributed by atoms with E-state index in [4.69, 9.17) is 10.00 Å². The smallest absolute Gasteiger partial charge is 0.261 e. The SMILES string of the molecule is COCCCNC(=O)/C(C#N)=C/c1ccc(N(C)C)cc1. The fourth-order valence-electron chi connectivity index (χ4n) is 1.70. The Balaban J connectivity index is 2.70. The molecule has 0 aliphatic rings. The first kappa shape index (κ1) is 16.7. The van der Waals surface area contributed by atoms with Crippen LogP contribution in [-0.2, 0) is 9.53 Å². The summed E-state index contributed by atoms with van der Waals surface area (Å²) in [5.41, 5.74) is 1.99. The first-order valence-corrected chi connectivity index (χ1v) is 6.74. The van der Waals surface area contributed by atoms with Crippen LogP contribution in [0, 0.1) is 11.3 Å². The van der Waals surface area contributed by atoms with Crippen LogP contribution in [0.2, 0.25) is 0 Å².